The molecule has 92 valence electrons. The van der Waals surface area contributed by atoms with Gasteiger partial charge in [0.1, 0.15) is 5.82 Å². The van der Waals surface area contributed by atoms with Gasteiger partial charge in [-0.05, 0) is 31.4 Å². The molecule has 0 atom stereocenters. The van der Waals surface area contributed by atoms with Crippen LogP contribution in [0.3, 0.4) is 0 Å². The van der Waals surface area contributed by atoms with E-state index in [9.17, 15) is 4.79 Å². The van der Waals surface area contributed by atoms with Crippen molar-refractivity contribution >= 4 is 17.4 Å². The average Bonchev–Trinajstić information content (AvgIpc) is 2.71. The van der Waals surface area contributed by atoms with Crippen LogP contribution in [0.1, 0.15) is 38.2 Å². The molecular weight excluding hydrogens is 214 g/mol. The fraction of sp³-hybridized carbons (Fsp3) is 0.538. The molecule has 1 saturated carbocycles. The minimum atomic E-state index is -0.227. The van der Waals surface area contributed by atoms with Gasteiger partial charge >= 0.3 is 0 Å². The third kappa shape index (κ3) is 2.40. The first-order chi connectivity index (χ1) is 8.01. The van der Waals surface area contributed by atoms with Gasteiger partial charge in [-0.15, -0.1) is 0 Å². The number of aromatic nitrogens is 1. The third-order valence-corrected chi connectivity index (χ3v) is 3.59. The molecule has 0 unspecified atom stereocenters. The second-order valence-electron chi connectivity index (χ2n) is 5.16. The van der Waals surface area contributed by atoms with Gasteiger partial charge in [0, 0.05) is 5.41 Å². The Morgan fingerprint density at radius 3 is 2.71 bits per heavy atom. The van der Waals surface area contributed by atoms with E-state index in [0.717, 1.165) is 31.2 Å². The van der Waals surface area contributed by atoms with Crippen LogP contribution in [0.2, 0.25) is 0 Å². The van der Waals surface area contributed by atoms with Crippen LogP contribution in [-0.4, -0.2) is 10.9 Å². The minimum Gasteiger partial charge on any atom is -0.397 e. The number of aryl methyl sites for hydroxylation is 1. The van der Waals surface area contributed by atoms with Crippen molar-refractivity contribution in [1.29, 1.82) is 0 Å². The van der Waals surface area contributed by atoms with E-state index >= 15 is 0 Å². The number of carbonyl (C=O) groups excluding carboxylic acids is 1. The van der Waals surface area contributed by atoms with E-state index in [4.69, 9.17) is 5.73 Å². The number of hydrogen-bond acceptors (Lipinski definition) is 3. The largest absolute Gasteiger partial charge is 0.397 e. The summed E-state index contributed by atoms with van der Waals surface area (Å²) in [6, 6.07) is 1.82. The summed E-state index contributed by atoms with van der Waals surface area (Å²) in [7, 11) is 0. The number of nitrogen functional groups attached to an aromatic ring is 1. The molecule has 1 aliphatic rings. The Labute approximate surface area is 102 Å². The Hall–Kier alpha value is -1.58. The number of anilines is 2. The summed E-state index contributed by atoms with van der Waals surface area (Å²) in [6.45, 7) is 3.93. The highest BCUT2D eigenvalue weighted by Gasteiger charge is 2.36. The maximum atomic E-state index is 12.2. The van der Waals surface area contributed by atoms with Crippen molar-refractivity contribution < 1.29 is 4.79 Å². The topological polar surface area (TPSA) is 68.0 Å². The number of rotatable bonds is 2. The van der Waals surface area contributed by atoms with Crippen LogP contribution >= 0.6 is 0 Å². The van der Waals surface area contributed by atoms with E-state index in [0.29, 0.717) is 11.5 Å². The van der Waals surface area contributed by atoms with E-state index in [1.165, 1.54) is 0 Å². The lowest BCUT2D eigenvalue weighted by molar-refractivity contribution is -0.124. The van der Waals surface area contributed by atoms with Crippen molar-refractivity contribution in [3.8, 4) is 0 Å². The summed E-state index contributed by atoms with van der Waals surface area (Å²) in [5.74, 6) is 0.702. The second kappa shape index (κ2) is 4.35. The fourth-order valence-corrected chi connectivity index (χ4v) is 2.37. The average molecular weight is 233 g/mol. The van der Waals surface area contributed by atoms with Crippen LogP contribution in [0, 0.1) is 12.3 Å². The van der Waals surface area contributed by atoms with E-state index in [2.05, 4.69) is 10.3 Å². The van der Waals surface area contributed by atoms with Crippen molar-refractivity contribution in [3.05, 3.63) is 17.8 Å². The number of pyridine rings is 1. The first-order valence-corrected chi connectivity index (χ1v) is 6.05. The maximum absolute atomic E-state index is 12.2. The molecule has 4 heteroatoms. The van der Waals surface area contributed by atoms with Gasteiger partial charge in [-0.3, -0.25) is 4.79 Å². The first kappa shape index (κ1) is 11.9. The van der Waals surface area contributed by atoms with E-state index in [-0.39, 0.29) is 11.3 Å². The third-order valence-electron chi connectivity index (χ3n) is 3.59. The summed E-state index contributed by atoms with van der Waals surface area (Å²) in [5, 5.41) is 2.91. The van der Waals surface area contributed by atoms with Crippen LogP contribution in [0.5, 0.6) is 0 Å². The van der Waals surface area contributed by atoms with Gasteiger partial charge in [-0.2, -0.15) is 0 Å². The summed E-state index contributed by atoms with van der Waals surface area (Å²) in [5.41, 5.74) is 6.93. The van der Waals surface area contributed by atoms with Gasteiger partial charge in [0.2, 0.25) is 5.91 Å². The zero-order chi connectivity index (χ0) is 12.5. The smallest absolute Gasteiger partial charge is 0.231 e. The predicted octanol–water partition coefficient (Wildman–Crippen LogP) is 2.49. The molecule has 1 aromatic rings. The van der Waals surface area contributed by atoms with E-state index in [1.54, 1.807) is 6.20 Å². The molecule has 1 aliphatic carbocycles. The lowest BCUT2D eigenvalue weighted by Crippen LogP contribution is -2.31. The van der Waals surface area contributed by atoms with Crippen LogP contribution in [0.4, 0.5) is 11.5 Å². The molecule has 1 fully saturated rings. The number of carbonyl (C=O) groups is 1. The van der Waals surface area contributed by atoms with Crippen LogP contribution in [0.25, 0.3) is 0 Å². The summed E-state index contributed by atoms with van der Waals surface area (Å²) in [4.78, 5) is 16.4. The molecule has 0 aromatic carbocycles. The molecule has 3 N–H and O–H groups in total. The SMILES string of the molecule is Cc1cc(N)cnc1NC(=O)C1(C)CCCC1. The quantitative estimate of drug-likeness (QED) is 0.824. The molecule has 0 bridgehead atoms. The van der Waals surface area contributed by atoms with Crippen molar-refractivity contribution in [1.82, 2.24) is 4.98 Å². The Bertz CT molecular complexity index is 436. The Balaban J connectivity index is 2.13. The summed E-state index contributed by atoms with van der Waals surface area (Å²) < 4.78 is 0. The molecule has 1 amide bonds. The number of hydrogen-bond donors (Lipinski definition) is 2. The Morgan fingerprint density at radius 2 is 2.12 bits per heavy atom. The zero-order valence-corrected chi connectivity index (χ0v) is 10.4. The lowest BCUT2D eigenvalue weighted by atomic mass is 9.88. The maximum Gasteiger partial charge on any atom is 0.231 e. The lowest BCUT2D eigenvalue weighted by Gasteiger charge is -2.22. The standard InChI is InChI=1S/C13H19N3O/c1-9-7-10(14)8-15-11(9)16-12(17)13(2)5-3-4-6-13/h7-8H,3-6,14H2,1-2H3,(H,15,16,17). The van der Waals surface area contributed by atoms with Gasteiger partial charge in [-0.1, -0.05) is 19.8 Å². The predicted molar refractivity (Wildman–Crippen MR) is 68.6 cm³/mol. The molecule has 0 spiro atoms. The fourth-order valence-electron chi connectivity index (χ4n) is 2.37. The highest BCUT2D eigenvalue weighted by atomic mass is 16.2. The number of amides is 1. The zero-order valence-electron chi connectivity index (χ0n) is 10.4. The Morgan fingerprint density at radius 1 is 1.47 bits per heavy atom. The van der Waals surface area contributed by atoms with Crippen LogP contribution in [0.15, 0.2) is 12.3 Å². The molecule has 4 nitrogen and oxygen atoms in total. The molecular formula is C13H19N3O. The molecule has 1 heterocycles. The monoisotopic (exact) mass is 233 g/mol. The Kier molecular flexibility index (Phi) is 3.05. The molecule has 0 aliphatic heterocycles. The number of nitrogens with zero attached hydrogens (tertiary/aromatic N) is 1. The molecule has 0 radical (unpaired) electrons. The van der Waals surface area contributed by atoms with Crippen molar-refractivity contribution in [2.45, 2.75) is 39.5 Å². The normalized spacial score (nSPS) is 18.0. The van der Waals surface area contributed by atoms with Crippen molar-refractivity contribution in [3.63, 3.8) is 0 Å². The minimum absolute atomic E-state index is 0.0790. The van der Waals surface area contributed by atoms with E-state index in [1.807, 2.05) is 19.9 Å². The molecule has 0 saturated heterocycles. The van der Waals surface area contributed by atoms with Crippen LogP contribution < -0.4 is 11.1 Å². The highest BCUT2D eigenvalue weighted by molar-refractivity contribution is 5.95. The van der Waals surface area contributed by atoms with E-state index < -0.39 is 0 Å². The van der Waals surface area contributed by atoms with Crippen molar-refractivity contribution in [2.24, 2.45) is 5.41 Å². The van der Waals surface area contributed by atoms with Gasteiger partial charge in [0.25, 0.3) is 0 Å². The van der Waals surface area contributed by atoms with Gasteiger partial charge in [-0.25, -0.2) is 4.98 Å². The molecule has 1 aromatic heterocycles. The van der Waals surface area contributed by atoms with Gasteiger partial charge in [0.15, 0.2) is 0 Å². The second-order valence-corrected chi connectivity index (χ2v) is 5.16. The van der Waals surface area contributed by atoms with Gasteiger partial charge < -0.3 is 11.1 Å². The number of nitrogens with one attached hydrogen (secondary N) is 1. The molecule has 2 rings (SSSR count). The van der Waals surface area contributed by atoms with Crippen LogP contribution in [-0.2, 0) is 4.79 Å². The summed E-state index contributed by atoms with van der Waals surface area (Å²) in [6.07, 6.45) is 5.77. The van der Waals surface area contributed by atoms with Gasteiger partial charge in [0.05, 0.1) is 11.9 Å². The number of nitrogens with two attached hydrogens (primary N) is 1. The molecule has 17 heavy (non-hydrogen) atoms. The summed E-state index contributed by atoms with van der Waals surface area (Å²) >= 11 is 0. The first-order valence-electron chi connectivity index (χ1n) is 6.05. The highest BCUT2D eigenvalue weighted by Crippen LogP contribution is 2.38. The van der Waals surface area contributed by atoms with Crippen molar-refractivity contribution in [2.75, 3.05) is 11.1 Å².